The quantitative estimate of drug-likeness (QED) is 0.611. The molecule has 2 rings (SSSR count). The van der Waals surface area contributed by atoms with Gasteiger partial charge in [0.05, 0.1) is 11.3 Å². The third-order valence-corrected chi connectivity index (χ3v) is 10.4. The standard InChI is InChI=1S/C14H28O5P2/c1-17-20(15,13-9-5-3-6-10-13)19-21(16,18-2)14-11-7-4-8-12-14/h13-14H,3-12H2,1-2H3. The van der Waals surface area contributed by atoms with E-state index < -0.39 is 15.2 Å². The van der Waals surface area contributed by atoms with E-state index >= 15 is 0 Å². The predicted molar refractivity (Wildman–Crippen MR) is 84.1 cm³/mol. The van der Waals surface area contributed by atoms with Crippen molar-refractivity contribution >= 4 is 15.2 Å². The minimum absolute atomic E-state index is 0.136. The largest absolute Gasteiger partial charge is 0.340 e. The molecule has 0 aromatic rings. The highest BCUT2D eigenvalue weighted by Gasteiger charge is 2.46. The van der Waals surface area contributed by atoms with Crippen LogP contribution in [0.5, 0.6) is 0 Å². The van der Waals surface area contributed by atoms with Crippen LogP contribution in [0.15, 0.2) is 0 Å². The first-order valence-corrected chi connectivity index (χ1v) is 11.3. The Balaban J connectivity index is 2.13. The molecule has 2 aliphatic carbocycles. The Bertz CT molecular complexity index is 376. The molecule has 0 aromatic carbocycles. The van der Waals surface area contributed by atoms with Gasteiger partial charge in [-0.05, 0) is 25.7 Å². The lowest BCUT2D eigenvalue weighted by molar-refractivity contribution is 0.250. The molecule has 0 N–H and O–H groups in total. The van der Waals surface area contributed by atoms with E-state index in [4.69, 9.17) is 13.4 Å². The molecular formula is C14H28O5P2. The van der Waals surface area contributed by atoms with Crippen molar-refractivity contribution in [1.29, 1.82) is 0 Å². The van der Waals surface area contributed by atoms with Gasteiger partial charge in [-0.25, -0.2) is 4.31 Å². The van der Waals surface area contributed by atoms with Crippen LogP contribution in [0.2, 0.25) is 0 Å². The van der Waals surface area contributed by atoms with E-state index in [1.807, 2.05) is 0 Å². The van der Waals surface area contributed by atoms with Crippen molar-refractivity contribution in [3.8, 4) is 0 Å². The van der Waals surface area contributed by atoms with Gasteiger partial charge in [0.2, 0.25) is 0 Å². The van der Waals surface area contributed by atoms with E-state index in [-0.39, 0.29) is 11.3 Å². The van der Waals surface area contributed by atoms with E-state index in [1.54, 1.807) is 0 Å². The first kappa shape index (κ1) is 17.7. The fourth-order valence-electron chi connectivity index (χ4n) is 3.45. The molecule has 7 heteroatoms. The van der Waals surface area contributed by atoms with Gasteiger partial charge < -0.3 is 9.05 Å². The summed E-state index contributed by atoms with van der Waals surface area (Å²) in [7, 11) is -3.94. The van der Waals surface area contributed by atoms with Crippen molar-refractivity contribution in [1.82, 2.24) is 0 Å². The van der Waals surface area contributed by atoms with Crippen molar-refractivity contribution in [2.24, 2.45) is 0 Å². The lowest BCUT2D eigenvalue weighted by Gasteiger charge is -2.34. The topological polar surface area (TPSA) is 61.8 Å². The molecule has 5 nitrogen and oxygen atoms in total. The maximum atomic E-state index is 13.1. The zero-order chi connectivity index (χ0) is 15.3. The molecule has 0 bridgehead atoms. The molecule has 2 fully saturated rings. The van der Waals surface area contributed by atoms with Crippen molar-refractivity contribution in [2.45, 2.75) is 75.5 Å². The van der Waals surface area contributed by atoms with Gasteiger partial charge in [-0.1, -0.05) is 38.5 Å². The van der Waals surface area contributed by atoms with E-state index in [1.165, 1.54) is 14.2 Å². The molecule has 0 aliphatic heterocycles. The van der Waals surface area contributed by atoms with Crippen LogP contribution < -0.4 is 0 Å². The first-order chi connectivity index (χ1) is 10.0. The van der Waals surface area contributed by atoms with Crippen LogP contribution in [-0.2, 0) is 22.5 Å². The summed E-state index contributed by atoms with van der Waals surface area (Å²) < 4.78 is 42.3. The number of hydrogen-bond donors (Lipinski definition) is 0. The van der Waals surface area contributed by atoms with Crippen LogP contribution >= 0.6 is 15.2 Å². The molecule has 2 atom stereocenters. The summed E-state index contributed by atoms with van der Waals surface area (Å²) in [4.78, 5) is 0. The smallest absolute Gasteiger partial charge is 0.311 e. The van der Waals surface area contributed by atoms with E-state index in [2.05, 4.69) is 0 Å². The monoisotopic (exact) mass is 338 g/mol. The van der Waals surface area contributed by atoms with E-state index in [0.29, 0.717) is 0 Å². The SMILES string of the molecule is COP(=O)(OP(=O)(OC)C1CCCCC1)C1CCCCC1. The molecule has 0 amide bonds. The summed E-state index contributed by atoms with van der Waals surface area (Å²) in [5.74, 6) is 0. The van der Waals surface area contributed by atoms with Crippen LogP contribution in [0.3, 0.4) is 0 Å². The molecule has 0 aromatic heterocycles. The van der Waals surface area contributed by atoms with Crippen molar-refractivity contribution < 1.29 is 22.5 Å². The van der Waals surface area contributed by atoms with Crippen LogP contribution in [0.4, 0.5) is 0 Å². The molecule has 0 radical (unpaired) electrons. The Hall–Kier alpha value is 0.340. The maximum Gasteiger partial charge on any atom is 0.340 e. The van der Waals surface area contributed by atoms with Crippen molar-refractivity contribution in [3.05, 3.63) is 0 Å². The molecule has 0 heterocycles. The molecule has 2 unspecified atom stereocenters. The summed E-state index contributed by atoms with van der Waals surface area (Å²) in [6.45, 7) is 0. The average molecular weight is 338 g/mol. The second-order valence-corrected chi connectivity index (χ2v) is 11.1. The first-order valence-electron chi connectivity index (χ1n) is 8.06. The zero-order valence-electron chi connectivity index (χ0n) is 13.2. The summed E-state index contributed by atoms with van der Waals surface area (Å²) in [5.41, 5.74) is -0.272. The summed E-state index contributed by atoms with van der Waals surface area (Å²) >= 11 is 0. The maximum absolute atomic E-state index is 13.1. The Morgan fingerprint density at radius 3 is 1.29 bits per heavy atom. The Labute approximate surface area is 128 Å². The highest BCUT2D eigenvalue weighted by atomic mass is 31.3. The normalized spacial score (nSPS) is 27.9. The van der Waals surface area contributed by atoms with Crippen LogP contribution in [0.1, 0.15) is 64.2 Å². The highest BCUT2D eigenvalue weighted by Crippen LogP contribution is 2.71. The highest BCUT2D eigenvalue weighted by molar-refractivity contribution is 7.68. The fraction of sp³-hybridized carbons (Fsp3) is 1.00. The summed E-state index contributed by atoms with van der Waals surface area (Å²) in [5, 5.41) is 0. The fourth-order valence-corrected chi connectivity index (χ4v) is 8.91. The average Bonchev–Trinajstić information content (AvgIpc) is 2.56. The zero-order valence-corrected chi connectivity index (χ0v) is 15.0. The molecule has 2 saturated carbocycles. The second-order valence-electron chi connectivity index (χ2n) is 6.11. The van der Waals surface area contributed by atoms with Crippen LogP contribution in [-0.4, -0.2) is 25.5 Å². The van der Waals surface area contributed by atoms with Gasteiger partial charge >= 0.3 is 15.2 Å². The van der Waals surface area contributed by atoms with Crippen molar-refractivity contribution in [3.63, 3.8) is 0 Å². The molecule has 0 saturated heterocycles. The lowest BCUT2D eigenvalue weighted by atomic mass is 10.0. The molecule has 124 valence electrons. The lowest BCUT2D eigenvalue weighted by Crippen LogP contribution is -2.20. The van der Waals surface area contributed by atoms with Gasteiger partial charge in [-0.15, -0.1) is 0 Å². The molecule has 0 spiro atoms. The molecule has 2 aliphatic rings. The Morgan fingerprint density at radius 2 is 1.00 bits per heavy atom. The van der Waals surface area contributed by atoms with Crippen LogP contribution in [0.25, 0.3) is 0 Å². The van der Waals surface area contributed by atoms with Gasteiger partial charge in [-0.3, -0.25) is 9.13 Å². The third-order valence-electron chi connectivity index (χ3n) is 4.78. The van der Waals surface area contributed by atoms with E-state index in [9.17, 15) is 9.13 Å². The van der Waals surface area contributed by atoms with Gasteiger partial charge in [0.25, 0.3) is 0 Å². The van der Waals surface area contributed by atoms with Gasteiger partial charge in [-0.2, -0.15) is 0 Å². The number of rotatable bonds is 6. The summed E-state index contributed by atoms with van der Waals surface area (Å²) in [6.07, 6.45) is 9.71. The Morgan fingerprint density at radius 1 is 0.667 bits per heavy atom. The van der Waals surface area contributed by atoms with Crippen molar-refractivity contribution in [2.75, 3.05) is 14.2 Å². The third kappa shape index (κ3) is 4.20. The van der Waals surface area contributed by atoms with Crippen LogP contribution in [0, 0.1) is 0 Å². The van der Waals surface area contributed by atoms with Gasteiger partial charge in [0.1, 0.15) is 0 Å². The molecular weight excluding hydrogens is 310 g/mol. The van der Waals surface area contributed by atoms with Gasteiger partial charge in [0, 0.05) is 14.2 Å². The number of hydrogen-bond acceptors (Lipinski definition) is 5. The Kier molecular flexibility index (Phi) is 6.52. The van der Waals surface area contributed by atoms with Gasteiger partial charge in [0.15, 0.2) is 0 Å². The minimum atomic E-state index is -3.37. The second kappa shape index (κ2) is 7.75. The van der Waals surface area contributed by atoms with E-state index in [0.717, 1.165) is 64.2 Å². The summed E-state index contributed by atoms with van der Waals surface area (Å²) in [6, 6.07) is 0. The predicted octanol–water partition coefficient (Wildman–Crippen LogP) is 5.35. The minimum Gasteiger partial charge on any atom is -0.311 e. The molecule has 21 heavy (non-hydrogen) atoms.